The van der Waals surface area contributed by atoms with Gasteiger partial charge in [-0.1, -0.05) is 68.6 Å². The van der Waals surface area contributed by atoms with Gasteiger partial charge in [0.2, 0.25) is 0 Å². The fourth-order valence-electron chi connectivity index (χ4n) is 2.44. The molecule has 152 valence electrons. The van der Waals surface area contributed by atoms with E-state index in [-0.39, 0.29) is 62.3 Å². The van der Waals surface area contributed by atoms with Crippen molar-refractivity contribution >= 4 is 48.6 Å². The molecular formula is C22H21Cl2FePPd-6. The van der Waals surface area contributed by atoms with Crippen LogP contribution in [0.25, 0.3) is 0 Å². The number of benzene rings is 2. The number of rotatable bonds is 3. The van der Waals surface area contributed by atoms with Crippen molar-refractivity contribution in [1.82, 2.24) is 0 Å². The number of hydrogen-bond donors (Lipinski definition) is 0. The maximum absolute atomic E-state index is 2.23. The maximum atomic E-state index is 2.23. The van der Waals surface area contributed by atoms with Crippen molar-refractivity contribution in [3.05, 3.63) is 115 Å². The van der Waals surface area contributed by atoms with Gasteiger partial charge in [0.1, 0.15) is 0 Å². The molecule has 5 heteroatoms. The zero-order valence-electron chi connectivity index (χ0n) is 14.4. The number of hydrogen-bond acceptors (Lipinski definition) is 0. The van der Waals surface area contributed by atoms with Crippen LogP contribution in [0.2, 0.25) is 0 Å². The van der Waals surface area contributed by atoms with E-state index < -0.39 is 7.92 Å². The standard InChI is InChI=1S/C17H14P.C5H5.2ClH.Fe.Pd/c1-3-9-15(10-4-1)18(17-13-7-8-14-17)16-11-5-2-6-12-16;1-2-4-5-3-1;;;;/h1-14H;1-5H;2*1H;;/q-1;-5;;;;. The topological polar surface area (TPSA) is 0 Å². The smallest absolute Gasteiger partial charge is 0 e. The van der Waals surface area contributed by atoms with Gasteiger partial charge < -0.3 is 30.3 Å². The third-order valence-electron chi connectivity index (χ3n) is 3.49. The molecule has 4 rings (SSSR count). The van der Waals surface area contributed by atoms with E-state index in [9.17, 15) is 0 Å². The minimum absolute atomic E-state index is 0. The average molecular weight is 550 g/mol. The van der Waals surface area contributed by atoms with Crippen LogP contribution in [0, 0.1) is 0 Å². The van der Waals surface area contributed by atoms with Gasteiger partial charge in [-0.3, -0.25) is 0 Å². The normalized spacial score (nSPS) is 8.63. The van der Waals surface area contributed by atoms with E-state index in [2.05, 4.69) is 84.9 Å². The monoisotopic (exact) mass is 548 g/mol. The SMILES string of the molecule is Cl.Cl.[Fe].[Pd].[cH-]1[cH-][cH-][cH-][cH-]1.c1ccc(P(c2ccccc2)[c-]2cccc2)cc1. The summed E-state index contributed by atoms with van der Waals surface area (Å²) in [5.74, 6) is 0. The fourth-order valence-corrected chi connectivity index (χ4v) is 4.74. The van der Waals surface area contributed by atoms with Gasteiger partial charge in [-0.25, -0.2) is 12.1 Å². The Balaban J connectivity index is 0. The molecule has 0 atom stereocenters. The Morgan fingerprint density at radius 2 is 0.889 bits per heavy atom. The molecule has 27 heavy (non-hydrogen) atoms. The van der Waals surface area contributed by atoms with E-state index in [4.69, 9.17) is 0 Å². The molecule has 0 radical (unpaired) electrons. The van der Waals surface area contributed by atoms with Crippen LogP contribution >= 0.6 is 32.7 Å². The van der Waals surface area contributed by atoms with E-state index in [1.54, 1.807) is 0 Å². The molecule has 0 heterocycles. The molecule has 0 aliphatic rings. The van der Waals surface area contributed by atoms with Crippen LogP contribution in [0.3, 0.4) is 0 Å². The molecule has 0 bridgehead atoms. The summed E-state index contributed by atoms with van der Waals surface area (Å²) >= 11 is 0. The summed E-state index contributed by atoms with van der Waals surface area (Å²) in [5, 5.41) is 4.23. The average Bonchev–Trinajstić information content (AvgIpc) is 3.34. The molecule has 0 saturated carbocycles. The maximum Gasteiger partial charge on any atom is 0 e. The largest absolute Gasteiger partial charge is 0.748 e. The Morgan fingerprint density at radius 1 is 0.556 bits per heavy atom. The summed E-state index contributed by atoms with van der Waals surface area (Å²) in [4.78, 5) is 0. The first kappa shape index (κ1) is 28.5. The summed E-state index contributed by atoms with van der Waals surface area (Å²) < 4.78 is 0. The molecule has 0 unspecified atom stereocenters. The van der Waals surface area contributed by atoms with Gasteiger partial charge >= 0.3 is 0 Å². The molecule has 4 aromatic carbocycles. The third-order valence-corrected chi connectivity index (χ3v) is 5.93. The van der Waals surface area contributed by atoms with Crippen LogP contribution in [-0.2, 0) is 37.5 Å². The van der Waals surface area contributed by atoms with Crippen LogP contribution in [0.15, 0.2) is 115 Å². The van der Waals surface area contributed by atoms with Crippen LogP contribution < -0.4 is 15.9 Å². The second-order valence-electron chi connectivity index (χ2n) is 5.11. The molecule has 0 aromatic heterocycles. The van der Waals surface area contributed by atoms with Crippen LogP contribution in [0.1, 0.15) is 0 Å². The van der Waals surface area contributed by atoms with Crippen molar-refractivity contribution in [2.75, 3.05) is 0 Å². The zero-order valence-corrected chi connectivity index (χ0v) is 19.6. The summed E-state index contributed by atoms with van der Waals surface area (Å²) in [5.41, 5.74) is 0. The summed E-state index contributed by atoms with van der Waals surface area (Å²) in [6.07, 6.45) is 0. The minimum Gasteiger partial charge on any atom is -0.748 e. The van der Waals surface area contributed by atoms with Gasteiger partial charge in [0, 0.05) is 37.5 Å². The van der Waals surface area contributed by atoms with Crippen LogP contribution in [0.4, 0.5) is 0 Å². The molecular weight excluding hydrogens is 528 g/mol. The van der Waals surface area contributed by atoms with Crippen LogP contribution in [-0.4, -0.2) is 0 Å². The van der Waals surface area contributed by atoms with Gasteiger partial charge in [0.25, 0.3) is 0 Å². The predicted octanol–water partition coefficient (Wildman–Crippen LogP) is 5.41. The van der Waals surface area contributed by atoms with Gasteiger partial charge in [-0.15, -0.1) is 30.1 Å². The molecule has 0 spiro atoms. The molecule has 0 saturated heterocycles. The fraction of sp³-hybridized carbons (Fsp3) is 0. The van der Waals surface area contributed by atoms with Gasteiger partial charge in [-0.05, 0) is 10.6 Å². The van der Waals surface area contributed by atoms with Crippen molar-refractivity contribution < 1.29 is 37.5 Å². The first-order chi connectivity index (χ1) is 11.4. The molecule has 0 N–H and O–H groups in total. The third kappa shape index (κ3) is 8.91. The van der Waals surface area contributed by atoms with Gasteiger partial charge in [0.15, 0.2) is 0 Å². The van der Waals surface area contributed by atoms with Crippen molar-refractivity contribution in [1.29, 1.82) is 0 Å². The van der Waals surface area contributed by atoms with E-state index >= 15 is 0 Å². The predicted molar refractivity (Wildman–Crippen MR) is 117 cm³/mol. The Kier molecular flexibility index (Phi) is 17.2. The second kappa shape index (κ2) is 16.3. The Morgan fingerprint density at radius 3 is 1.22 bits per heavy atom. The van der Waals surface area contributed by atoms with Crippen LogP contribution in [0.5, 0.6) is 0 Å². The quantitative estimate of drug-likeness (QED) is 0.182. The van der Waals surface area contributed by atoms with Crippen molar-refractivity contribution in [3.63, 3.8) is 0 Å². The van der Waals surface area contributed by atoms with Gasteiger partial charge in [0.05, 0.1) is 0 Å². The van der Waals surface area contributed by atoms with E-state index in [1.807, 2.05) is 30.3 Å². The Labute approximate surface area is 200 Å². The second-order valence-corrected chi connectivity index (χ2v) is 7.33. The van der Waals surface area contributed by atoms with Crippen molar-refractivity contribution in [2.45, 2.75) is 0 Å². The number of halogens is 2. The summed E-state index contributed by atoms with van der Waals surface area (Å²) in [7, 11) is -0.409. The van der Waals surface area contributed by atoms with Crippen molar-refractivity contribution in [3.8, 4) is 0 Å². The molecule has 0 amide bonds. The molecule has 0 nitrogen and oxygen atoms in total. The zero-order chi connectivity index (χ0) is 15.7. The van der Waals surface area contributed by atoms with Crippen molar-refractivity contribution in [2.24, 2.45) is 0 Å². The van der Waals surface area contributed by atoms with E-state index in [0.29, 0.717) is 0 Å². The minimum atomic E-state index is -0.409. The first-order valence-electron chi connectivity index (χ1n) is 7.74. The molecule has 0 fully saturated rings. The Hall–Kier alpha value is -0.668. The molecule has 4 aromatic rings. The Bertz CT molecular complexity index is 719. The molecule has 0 aliphatic heterocycles. The summed E-state index contributed by atoms with van der Waals surface area (Å²) in [6, 6.07) is 40.2. The first-order valence-corrected chi connectivity index (χ1v) is 9.08. The van der Waals surface area contributed by atoms with E-state index in [1.165, 1.54) is 15.9 Å². The molecule has 0 aliphatic carbocycles. The summed E-state index contributed by atoms with van der Waals surface area (Å²) in [6.45, 7) is 0. The van der Waals surface area contributed by atoms with Gasteiger partial charge in [-0.2, -0.15) is 12.1 Å². The van der Waals surface area contributed by atoms with E-state index in [0.717, 1.165) is 0 Å².